The van der Waals surface area contributed by atoms with Gasteiger partial charge in [0.2, 0.25) is 5.88 Å². The zero-order valence-electron chi connectivity index (χ0n) is 15.6. The van der Waals surface area contributed by atoms with Crippen molar-refractivity contribution in [3.8, 4) is 17.4 Å². The first-order chi connectivity index (χ1) is 14.0. The molecule has 0 aliphatic heterocycles. The second kappa shape index (κ2) is 9.52. The van der Waals surface area contributed by atoms with Gasteiger partial charge in [0.1, 0.15) is 17.3 Å². The van der Waals surface area contributed by atoms with Gasteiger partial charge in [-0.2, -0.15) is 0 Å². The molecule has 3 rings (SSSR count). The molecular weight excluding hydrogens is 377 g/mol. The van der Waals surface area contributed by atoms with Crippen LogP contribution in [0, 0.1) is 5.82 Å². The molecule has 8 heteroatoms. The zero-order chi connectivity index (χ0) is 20.6. The van der Waals surface area contributed by atoms with Crippen LogP contribution in [-0.2, 0) is 0 Å². The smallest absolute Gasteiger partial charge is 0.319 e. The fraction of sp³-hybridized carbons (Fsp3) is 0.143. The molecular formula is C21H20FN3O4. The monoisotopic (exact) mass is 397 g/mol. The number of pyridine rings is 1. The number of urea groups is 1. The van der Waals surface area contributed by atoms with Crippen molar-refractivity contribution in [2.75, 3.05) is 19.0 Å². The summed E-state index contributed by atoms with van der Waals surface area (Å²) in [5, 5.41) is 15.4. The molecule has 150 valence electrons. The zero-order valence-corrected chi connectivity index (χ0v) is 15.6. The lowest BCUT2D eigenvalue weighted by molar-refractivity contribution is 0.175. The van der Waals surface area contributed by atoms with E-state index in [1.54, 1.807) is 43.5 Å². The molecule has 2 amide bonds. The number of ether oxygens (including phenoxy) is 2. The number of rotatable bonds is 7. The Morgan fingerprint density at radius 3 is 2.38 bits per heavy atom. The molecule has 0 radical (unpaired) electrons. The second-order valence-corrected chi connectivity index (χ2v) is 6.07. The maximum absolute atomic E-state index is 12.9. The quantitative estimate of drug-likeness (QED) is 0.563. The Balaban J connectivity index is 1.47. The summed E-state index contributed by atoms with van der Waals surface area (Å²) in [4.78, 5) is 16.1. The maximum atomic E-state index is 12.9. The van der Waals surface area contributed by atoms with Crippen LogP contribution in [0.3, 0.4) is 0 Å². The van der Waals surface area contributed by atoms with Gasteiger partial charge < -0.3 is 25.2 Å². The van der Waals surface area contributed by atoms with E-state index < -0.39 is 12.1 Å². The first kappa shape index (κ1) is 20.1. The van der Waals surface area contributed by atoms with Gasteiger partial charge in [0.25, 0.3) is 0 Å². The molecule has 1 atom stereocenters. The van der Waals surface area contributed by atoms with Gasteiger partial charge in [-0.05, 0) is 48.0 Å². The van der Waals surface area contributed by atoms with Crippen LogP contribution in [0.15, 0.2) is 66.9 Å². The number of halogens is 1. The number of amides is 2. The van der Waals surface area contributed by atoms with Crippen molar-refractivity contribution < 1.29 is 23.8 Å². The minimum absolute atomic E-state index is 0.0390. The molecule has 1 heterocycles. The Bertz CT molecular complexity index is 932. The number of carbonyl (C=O) groups is 1. The highest BCUT2D eigenvalue weighted by Crippen LogP contribution is 2.21. The number of methoxy groups -OCH3 is 1. The molecule has 7 nitrogen and oxygen atoms in total. The summed E-state index contributed by atoms with van der Waals surface area (Å²) in [5.74, 6) is 1.08. The highest BCUT2D eigenvalue weighted by atomic mass is 19.1. The normalized spacial score (nSPS) is 11.4. The molecule has 3 aromatic rings. The molecule has 0 aliphatic carbocycles. The third-order valence-electron chi connectivity index (χ3n) is 3.99. The van der Waals surface area contributed by atoms with Gasteiger partial charge in [-0.3, -0.25) is 0 Å². The average molecular weight is 397 g/mol. The van der Waals surface area contributed by atoms with Crippen LogP contribution in [0.25, 0.3) is 0 Å². The van der Waals surface area contributed by atoms with Gasteiger partial charge in [-0.15, -0.1) is 0 Å². The lowest BCUT2D eigenvalue weighted by atomic mass is 10.1. The van der Waals surface area contributed by atoms with Crippen molar-refractivity contribution in [2.24, 2.45) is 0 Å². The van der Waals surface area contributed by atoms with Crippen molar-refractivity contribution >= 4 is 11.7 Å². The third kappa shape index (κ3) is 5.91. The number of hydrogen-bond donors (Lipinski definition) is 3. The van der Waals surface area contributed by atoms with Crippen LogP contribution < -0.4 is 20.1 Å². The first-order valence-corrected chi connectivity index (χ1v) is 8.80. The van der Waals surface area contributed by atoms with Crippen molar-refractivity contribution in [1.29, 1.82) is 0 Å². The fourth-order valence-electron chi connectivity index (χ4n) is 2.45. The number of hydrogen-bond acceptors (Lipinski definition) is 5. The highest BCUT2D eigenvalue weighted by molar-refractivity contribution is 5.89. The summed E-state index contributed by atoms with van der Waals surface area (Å²) in [6.07, 6.45) is 0.578. The summed E-state index contributed by atoms with van der Waals surface area (Å²) in [6, 6.07) is 15.2. The van der Waals surface area contributed by atoms with Crippen LogP contribution in [0.2, 0.25) is 0 Å². The van der Waals surface area contributed by atoms with E-state index in [-0.39, 0.29) is 12.4 Å². The molecule has 0 saturated heterocycles. The van der Waals surface area contributed by atoms with Crippen molar-refractivity contribution in [2.45, 2.75) is 6.10 Å². The highest BCUT2D eigenvalue weighted by Gasteiger charge is 2.10. The lowest BCUT2D eigenvalue weighted by Crippen LogP contribution is -2.32. The number of aliphatic hydroxyl groups is 1. The molecule has 0 aliphatic rings. The average Bonchev–Trinajstić information content (AvgIpc) is 2.75. The molecule has 0 fully saturated rings. The number of carbonyl (C=O) groups excluding carboxylic acids is 1. The van der Waals surface area contributed by atoms with Gasteiger partial charge in [0, 0.05) is 12.6 Å². The fourth-order valence-corrected chi connectivity index (χ4v) is 2.45. The second-order valence-electron chi connectivity index (χ2n) is 6.07. The van der Waals surface area contributed by atoms with Gasteiger partial charge >= 0.3 is 6.03 Å². The van der Waals surface area contributed by atoms with Crippen molar-refractivity contribution in [3.05, 3.63) is 78.2 Å². The molecule has 0 spiro atoms. The Hall–Kier alpha value is -3.65. The van der Waals surface area contributed by atoms with E-state index in [0.717, 1.165) is 0 Å². The molecule has 1 aromatic heterocycles. The number of aromatic nitrogens is 1. The topological polar surface area (TPSA) is 92.7 Å². The van der Waals surface area contributed by atoms with Crippen molar-refractivity contribution in [3.63, 3.8) is 0 Å². The summed E-state index contributed by atoms with van der Waals surface area (Å²) >= 11 is 0. The van der Waals surface area contributed by atoms with Crippen molar-refractivity contribution in [1.82, 2.24) is 10.3 Å². The molecule has 1 unspecified atom stereocenters. The van der Waals surface area contributed by atoms with E-state index in [1.807, 2.05) is 0 Å². The summed E-state index contributed by atoms with van der Waals surface area (Å²) in [7, 11) is 1.56. The molecule has 0 saturated carbocycles. The molecule has 3 N–H and O–H groups in total. The minimum Gasteiger partial charge on any atom is -0.497 e. The van der Waals surface area contributed by atoms with Gasteiger partial charge in [-0.1, -0.05) is 12.1 Å². The summed E-state index contributed by atoms with van der Waals surface area (Å²) < 4.78 is 23.5. The van der Waals surface area contributed by atoms with E-state index in [9.17, 15) is 14.3 Å². The van der Waals surface area contributed by atoms with Gasteiger partial charge in [-0.25, -0.2) is 14.2 Å². The Morgan fingerprint density at radius 1 is 1.07 bits per heavy atom. The van der Waals surface area contributed by atoms with Crippen LogP contribution in [0.1, 0.15) is 11.7 Å². The minimum atomic E-state index is -0.851. The van der Waals surface area contributed by atoms with Crippen LogP contribution >= 0.6 is 0 Å². The Labute approximate surface area is 167 Å². The number of nitrogens with zero attached hydrogens (tertiary/aromatic N) is 1. The van der Waals surface area contributed by atoms with E-state index in [0.29, 0.717) is 28.6 Å². The predicted octanol–water partition coefficient (Wildman–Crippen LogP) is 3.88. The molecule has 0 bridgehead atoms. The van der Waals surface area contributed by atoms with E-state index >= 15 is 0 Å². The largest absolute Gasteiger partial charge is 0.497 e. The molecule has 29 heavy (non-hydrogen) atoms. The third-order valence-corrected chi connectivity index (χ3v) is 3.99. The standard InChI is InChI=1S/C21H20FN3O4/c1-28-17-7-2-14(3-8-17)19(26)13-24-21(27)25-16-6-11-20(23-12-16)29-18-9-4-15(22)5-10-18/h2-12,19,26H,13H2,1H3,(H2,24,25,27). The van der Waals surface area contributed by atoms with E-state index in [1.165, 1.54) is 30.5 Å². The van der Waals surface area contributed by atoms with Crippen LogP contribution in [0.4, 0.5) is 14.9 Å². The van der Waals surface area contributed by atoms with E-state index in [4.69, 9.17) is 9.47 Å². The maximum Gasteiger partial charge on any atom is 0.319 e. The molecule has 2 aromatic carbocycles. The lowest BCUT2D eigenvalue weighted by Gasteiger charge is -2.13. The number of nitrogens with one attached hydrogen (secondary N) is 2. The number of anilines is 1. The SMILES string of the molecule is COc1ccc(C(O)CNC(=O)Nc2ccc(Oc3ccc(F)cc3)nc2)cc1. The first-order valence-electron chi connectivity index (χ1n) is 8.80. The van der Waals surface area contributed by atoms with Crippen LogP contribution in [0.5, 0.6) is 17.4 Å². The predicted molar refractivity (Wildman–Crippen MR) is 106 cm³/mol. The van der Waals surface area contributed by atoms with Gasteiger partial charge in [0.05, 0.1) is 25.1 Å². The Morgan fingerprint density at radius 2 is 1.76 bits per heavy atom. The van der Waals surface area contributed by atoms with E-state index in [2.05, 4.69) is 15.6 Å². The number of aliphatic hydroxyl groups excluding tert-OH is 1. The summed E-state index contributed by atoms with van der Waals surface area (Å²) in [6.45, 7) is 0.0390. The number of benzene rings is 2. The van der Waals surface area contributed by atoms with Crippen LogP contribution in [-0.4, -0.2) is 29.8 Å². The Kier molecular flexibility index (Phi) is 6.59. The van der Waals surface area contributed by atoms with Gasteiger partial charge in [0.15, 0.2) is 0 Å². The summed E-state index contributed by atoms with van der Waals surface area (Å²) in [5.41, 5.74) is 1.11.